The summed E-state index contributed by atoms with van der Waals surface area (Å²) in [6.45, 7) is 0. The van der Waals surface area contributed by atoms with Crippen molar-refractivity contribution in [3.05, 3.63) is 58.9 Å². The van der Waals surface area contributed by atoms with Gasteiger partial charge in [-0.3, -0.25) is 4.79 Å². The number of rotatable bonds is 1. The minimum absolute atomic E-state index is 0.0107. The number of hydrogen-bond acceptors (Lipinski definition) is 4. The number of phenols is 1. The van der Waals surface area contributed by atoms with Gasteiger partial charge in [0.25, 0.3) is 0 Å². The van der Waals surface area contributed by atoms with Gasteiger partial charge in [0.05, 0.1) is 24.3 Å². The number of hydrogen-bond donors (Lipinski definition) is 2. The Balaban J connectivity index is 2.09. The number of aromatic nitrogens is 2. The van der Waals surface area contributed by atoms with Gasteiger partial charge < -0.3 is 19.6 Å². The van der Waals surface area contributed by atoms with Crippen LogP contribution in [-0.4, -0.2) is 26.7 Å². The predicted octanol–water partition coefficient (Wildman–Crippen LogP) is 3.75. The first kappa shape index (κ1) is 15.6. The first-order valence-electron chi connectivity index (χ1n) is 8.46. The first-order chi connectivity index (χ1) is 13.0. The van der Waals surface area contributed by atoms with E-state index in [1.165, 1.54) is 7.11 Å². The average Bonchev–Trinajstić information content (AvgIpc) is 2.95. The molecule has 2 N–H and O–H groups in total. The van der Waals surface area contributed by atoms with Crippen molar-refractivity contribution in [2.45, 2.75) is 0 Å². The Hall–Kier alpha value is -3.67. The highest BCUT2D eigenvalue weighted by Crippen LogP contribution is 2.39. The number of methoxy groups -OCH3 is 1. The molecule has 0 spiro atoms. The number of nitrogens with zero attached hydrogens (tertiary/aromatic N) is 2. The molecule has 0 aliphatic carbocycles. The van der Waals surface area contributed by atoms with Crippen molar-refractivity contribution in [1.82, 2.24) is 9.30 Å². The highest BCUT2D eigenvalue weighted by atomic mass is 16.5. The molecule has 0 aliphatic rings. The quantitative estimate of drug-likeness (QED) is 0.446. The number of benzene rings is 3. The molecular weight excluding hydrogens is 344 g/mol. The lowest BCUT2D eigenvalue weighted by Gasteiger charge is -2.10. The van der Waals surface area contributed by atoms with E-state index in [1.807, 2.05) is 29.8 Å². The maximum Gasteiger partial charge on any atom is 0.179 e. The van der Waals surface area contributed by atoms with E-state index in [4.69, 9.17) is 4.74 Å². The van der Waals surface area contributed by atoms with Crippen LogP contribution in [0.5, 0.6) is 11.5 Å². The van der Waals surface area contributed by atoms with Crippen molar-refractivity contribution in [2.24, 2.45) is 7.05 Å². The summed E-state index contributed by atoms with van der Waals surface area (Å²) in [5, 5.41) is 24.9. The maximum atomic E-state index is 11.7. The summed E-state index contributed by atoms with van der Waals surface area (Å²) in [6.07, 6.45) is 1.57. The van der Waals surface area contributed by atoms with E-state index in [9.17, 15) is 15.1 Å². The van der Waals surface area contributed by atoms with E-state index in [0.29, 0.717) is 16.7 Å². The molecule has 0 unspecified atom stereocenters. The zero-order valence-corrected chi connectivity index (χ0v) is 14.7. The summed E-state index contributed by atoms with van der Waals surface area (Å²) in [7, 11) is 3.43. The number of phenolic OH excluding ortho intramolecular Hbond substituents is 1. The van der Waals surface area contributed by atoms with Crippen LogP contribution >= 0.6 is 0 Å². The first-order valence-corrected chi connectivity index (χ1v) is 8.46. The van der Waals surface area contributed by atoms with Crippen LogP contribution in [0.15, 0.2) is 53.5 Å². The molecule has 6 heteroatoms. The van der Waals surface area contributed by atoms with Crippen molar-refractivity contribution in [3.63, 3.8) is 0 Å². The van der Waals surface area contributed by atoms with Gasteiger partial charge >= 0.3 is 0 Å². The van der Waals surface area contributed by atoms with Crippen LogP contribution in [0.4, 0.5) is 0 Å². The Morgan fingerprint density at radius 1 is 0.889 bits per heavy atom. The van der Waals surface area contributed by atoms with Crippen LogP contribution in [0.3, 0.4) is 0 Å². The molecule has 0 amide bonds. The molecule has 0 aliphatic heterocycles. The molecule has 0 saturated heterocycles. The van der Waals surface area contributed by atoms with E-state index < -0.39 is 0 Å². The summed E-state index contributed by atoms with van der Waals surface area (Å²) >= 11 is 0. The molecule has 6 nitrogen and oxygen atoms in total. The average molecular weight is 360 g/mol. The molecule has 5 rings (SSSR count). The molecule has 2 heterocycles. The lowest BCUT2D eigenvalue weighted by molar-refractivity contribution is 0.200. The topological polar surface area (TPSA) is 76.6 Å². The highest BCUT2D eigenvalue weighted by molar-refractivity contribution is 6.21. The SMILES string of the molecule is COc1cc2c(cc1O)cn(O)c1c3ccc4cc(=O)ccc4c3n(C)c21. The lowest BCUT2D eigenvalue weighted by atomic mass is 10.1. The van der Waals surface area contributed by atoms with Crippen molar-refractivity contribution in [2.75, 3.05) is 7.11 Å². The minimum atomic E-state index is -0.0384. The standard InChI is InChI=1S/C21H16N2O4/c1-22-19-14-6-4-13(24)7-11(14)3-5-15(19)21-20(22)16-9-18(27-2)17(25)8-12(16)10-23(21)26/h3-10,25-26H,1-2H3. The van der Waals surface area contributed by atoms with Crippen molar-refractivity contribution < 1.29 is 15.1 Å². The van der Waals surface area contributed by atoms with Gasteiger partial charge in [-0.05, 0) is 41.8 Å². The fourth-order valence-corrected chi connectivity index (χ4v) is 4.04. The molecule has 134 valence electrons. The Morgan fingerprint density at radius 2 is 1.67 bits per heavy atom. The highest BCUT2D eigenvalue weighted by Gasteiger charge is 2.18. The summed E-state index contributed by atoms with van der Waals surface area (Å²) in [5.41, 5.74) is 2.34. The third-order valence-corrected chi connectivity index (χ3v) is 5.21. The van der Waals surface area contributed by atoms with Gasteiger partial charge in [0, 0.05) is 28.6 Å². The summed E-state index contributed by atoms with van der Waals surface area (Å²) in [4.78, 5) is 11.7. The zero-order chi connectivity index (χ0) is 18.9. The second kappa shape index (κ2) is 5.17. The van der Waals surface area contributed by atoms with E-state index in [1.54, 1.807) is 30.5 Å². The Morgan fingerprint density at radius 3 is 2.44 bits per heavy atom. The molecule has 0 bridgehead atoms. The third kappa shape index (κ3) is 1.98. The molecule has 3 aromatic carbocycles. The normalized spacial score (nSPS) is 11.8. The van der Waals surface area contributed by atoms with E-state index in [2.05, 4.69) is 0 Å². The number of aryl methyl sites for hydroxylation is 1. The summed E-state index contributed by atoms with van der Waals surface area (Å²) in [5.74, 6) is 0.377. The fourth-order valence-electron chi connectivity index (χ4n) is 4.04. The Kier molecular flexibility index (Phi) is 2.98. The van der Waals surface area contributed by atoms with Gasteiger partial charge in [0.1, 0.15) is 5.52 Å². The van der Waals surface area contributed by atoms with Crippen LogP contribution in [0, 0.1) is 0 Å². The molecule has 0 radical (unpaired) electrons. The van der Waals surface area contributed by atoms with Crippen LogP contribution in [0.2, 0.25) is 0 Å². The van der Waals surface area contributed by atoms with Crippen molar-refractivity contribution in [1.29, 1.82) is 0 Å². The van der Waals surface area contributed by atoms with Gasteiger partial charge in [-0.15, -0.1) is 0 Å². The van der Waals surface area contributed by atoms with Crippen LogP contribution in [0.1, 0.15) is 0 Å². The van der Waals surface area contributed by atoms with Crippen LogP contribution < -0.4 is 10.2 Å². The summed E-state index contributed by atoms with van der Waals surface area (Å²) < 4.78 is 8.35. The van der Waals surface area contributed by atoms with Crippen LogP contribution in [0.25, 0.3) is 43.5 Å². The maximum absolute atomic E-state index is 11.7. The van der Waals surface area contributed by atoms with E-state index in [0.717, 1.165) is 37.3 Å². The smallest absolute Gasteiger partial charge is 0.179 e. The second-order valence-electron chi connectivity index (χ2n) is 6.69. The number of pyridine rings is 1. The molecular formula is C21H16N2O4. The number of aromatic hydroxyl groups is 1. The second-order valence-corrected chi connectivity index (χ2v) is 6.69. The van der Waals surface area contributed by atoms with E-state index in [-0.39, 0.29) is 11.2 Å². The zero-order valence-electron chi connectivity index (χ0n) is 14.7. The van der Waals surface area contributed by atoms with Crippen molar-refractivity contribution >= 4 is 43.5 Å². The van der Waals surface area contributed by atoms with E-state index >= 15 is 0 Å². The third-order valence-electron chi connectivity index (χ3n) is 5.21. The number of ether oxygens (including phenoxy) is 1. The van der Waals surface area contributed by atoms with Crippen LogP contribution in [-0.2, 0) is 7.05 Å². The largest absolute Gasteiger partial charge is 0.504 e. The summed E-state index contributed by atoms with van der Waals surface area (Å²) in [6, 6.07) is 12.1. The molecule has 0 fully saturated rings. The van der Waals surface area contributed by atoms with Gasteiger partial charge in [0.15, 0.2) is 16.9 Å². The molecule has 5 aromatic rings. The molecule has 2 aromatic heterocycles. The number of fused-ring (bicyclic) bond motifs is 7. The fraction of sp³-hybridized carbons (Fsp3) is 0.0952. The minimum Gasteiger partial charge on any atom is -0.504 e. The van der Waals surface area contributed by atoms with Gasteiger partial charge in [-0.1, -0.05) is 6.07 Å². The van der Waals surface area contributed by atoms with Gasteiger partial charge in [-0.2, -0.15) is 4.73 Å². The Labute approximate surface area is 153 Å². The lowest BCUT2D eigenvalue weighted by Crippen LogP contribution is -1.97. The van der Waals surface area contributed by atoms with Gasteiger partial charge in [0.2, 0.25) is 0 Å². The van der Waals surface area contributed by atoms with Crippen molar-refractivity contribution in [3.8, 4) is 11.5 Å². The van der Waals surface area contributed by atoms with Gasteiger partial charge in [-0.25, -0.2) is 0 Å². The predicted molar refractivity (Wildman–Crippen MR) is 105 cm³/mol. The molecule has 0 atom stereocenters. The Bertz CT molecular complexity index is 1460. The molecule has 0 saturated carbocycles. The molecule has 27 heavy (non-hydrogen) atoms. The monoisotopic (exact) mass is 360 g/mol.